The molecule has 1 atom stereocenters. The van der Waals surface area contributed by atoms with Crippen molar-refractivity contribution in [1.29, 1.82) is 5.26 Å². The lowest BCUT2D eigenvalue weighted by atomic mass is 9.98. The summed E-state index contributed by atoms with van der Waals surface area (Å²) in [5.41, 5.74) is 0.967. The average Bonchev–Trinajstić information content (AvgIpc) is 2.96. The minimum absolute atomic E-state index is 0.0234. The number of hydrogen-bond acceptors (Lipinski definition) is 4. The summed E-state index contributed by atoms with van der Waals surface area (Å²) in [7, 11) is 0. The van der Waals surface area contributed by atoms with E-state index in [9.17, 15) is 9.59 Å². The molecule has 2 fully saturated rings. The minimum atomic E-state index is -0.445. The Labute approximate surface area is 135 Å². The standard InChI is InChI=1S/C17H19N3O3/c18-10-13-6-8-19(9-7-13)16(21)11-20-15(12-23-17(20)22)14-4-2-1-3-5-14/h1-5,13,15H,6-9,11-12H2/t15-/m1/s1. The van der Waals surface area contributed by atoms with Gasteiger partial charge in [0.25, 0.3) is 0 Å². The average molecular weight is 313 g/mol. The molecule has 2 aliphatic heterocycles. The molecule has 2 saturated heterocycles. The van der Waals surface area contributed by atoms with Gasteiger partial charge >= 0.3 is 6.09 Å². The third-order valence-electron chi connectivity index (χ3n) is 4.50. The van der Waals surface area contributed by atoms with Crippen molar-refractivity contribution in [3.8, 4) is 6.07 Å². The van der Waals surface area contributed by atoms with E-state index in [1.54, 1.807) is 4.90 Å². The van der Waals surface area contributed by atoms with E-state index in [1.807, 2.05) is 30.3 Å². The zero-order valence-electron chi connectivity index (χ0n) is 12.9. The number of hydrogen-bond donors (Lipinski definition) is 0. The van der Waals surface area contributed by atoms with E-state index in [-0.39, 0.29) is 31.0 Å². The molecule has 0 saturated carbocycles. The number of benzene rings is 1. The van der Waals surface area contributed by atoms with Gasteiger partial charge < -0.3 is 9.64 Å². The van der Waals surface area contributed by atoms with E-state index in [2.05, 4.69) is 6.07 Å². The fraction of sp³-hybridized carbons (Fsp3) is 0.471. The van der Waals surface area contributed by atoms with Crippen LogP contribution in [0.25, 0.3) is 0 Å². The lowest BCUT2D eigenvalue weighted by Gasteiger charge is -2.31. The summed E-state index contributed by atoms with van der Waals surface area (Å²) >= 11 is 0. The molecule has 6 nitrogen and oxygen atoms in total. The number of amides is 2. The number of piperidine rings is 1. The fourth-order valence-corrected chi connectivity index (χ4v) is 3.08. The van der Waals surface area contributed by atoms with Crippen LogP contribution in [0, 0.1) is 17.2 Å². The lowest BCUT2D eigenvalue weighted by Crippen LogP contribution is -2.44. The second-order valence-electron chi connectivity index (χ2n) is 5.92. The number of ether oxygens (including phenoxy) is 1. The van der Waals surface area contributed by atoms with Gasteiger partial charge in [0.05, 0.1) is 12.1 Å². The highest BCUT2D eigenvalue weighted by Gasteiger charge is 2.36. The molecule has 1 aromatic carbocycles. The first-order valence-electron chi connectivity index (χ1n) is 7.85. The van der Waals surface area contributed by atoms with E-state index in [0.29, 0.717) is 25.9 Å². The first-order chi connectivity index (χ1) is 11.2. The van der Waals surface area contributed by atoms with Crippen molar-refractivity contribution in [3.63, 3.8) is 0 Å². The number of nitriles is 1. The number of likely N-dealkylation sites (tertiary alicyclic amines) is 1. The number of nitrogens with zero attached hydrogens (tertiary/aromatic N) is 3. The molecule has 0 aromatic heterocycles. The van der Waals surface area contributed by atoms with Crippen molar-refractivity contribution in [3.05, 3.63) is 35.9 Å². The predicted molar refractivity (Wildman–Crippen MR) is 82.2 cm³/mol. The summed E-state index contributed by atoms with van der Waals surface area (Å²) in [5.74, 6) is -0.0472. The van der Waals surface area contributed by atoms with Crippen molar-refractivity contribution in [2.24, 2.45) is 5.92 Å². The van der Waals surface area contributed by atoms with Crippen LogP contribution in [0.4, 0.5) is 4.79 Å². The van der Waals surface area contributed by atoms with Crippen molar-refractivity contribution in [1.82, 2.24) is 9.80 Å². The van der Waals surface area contributed by atoms with Gasteiger partial charge in [0.2, 0.25) is 5.91 Å². The highest BCUT2D eigenvalue weighted by Crippen LogP contribution is 2.27. The Hall–Kier alpha value is -2.55. The Bertz CT molecular complexity index is 618. The van der Waals surface area contributed by atoms with Crippen molar-refractivity contribution >= 4 is 12.0 Å². The summed E-state index contributed by atoms with van der Waals surface area (Å²) < 4.78 is 5.13. The van der Waals surface area contributed by atoms with Crippen LogP contribution in [-0.4, -0.2) is 48.0 Å². The molecule has 0 unspecified atom stereocenters. The normalized spacial score (nSPS) is 21.9. The molecule has 0 spiro atoms. The van der Waals surface area contributed by atoms with Crippen LogP contribution >= 0.6 is 0 Å². The molecule has 2 heterocycles. The maximum Gasteiger partial charge on any atom is 0.410 e. The van der Waals surface area contributed by atoms with Crippen LogP contribution in [0.15, 0.2) is 30.3 Å². The smallest absolute Gasteiger partial charge is 0.410 e. The summed E-state index contributed by atoms with van der Waals surface area (Å²) in [4.78, 5) is 27.7. The Kier molecular flexibility index (Phi) is 4.47. The number of carbonyl (C=O) groups is 2. The van der Waals surface area contributed by atoms with Crippen LogP contribution < -0.4 is 0 Å². The second-order valence-corrected chi connectivity index (χ2v) is 5.92. The zero-order valence-corrected chi connectivity index (χ0v) is 12.9. The Morgan fingerprint density at radius 1 is 1.26 bits per heavy atom. The first-order valence-corrected chi connectivity index (χ1v) is 7.85. The highest BCUT2D eigenvalue weighted by molar-refractivity contribution is 5.83. The number of carbonyl (C=O) groups excluding carboxylic acids is 2. The third-order valence-corrected chi connectivity index (χ3v) is 4.50. The minimum Gasteiger partial charge on any atom is -0.447 e. The van der Waals surface area contributed by atoms with Crippen LogP contribution in [0.2, 0.25) is 0 Å². The number of rotatable bonds is 3. The lowest BCUT2D eigenvalue weighted by molar-refractivity contribution is -0.133. The van der Waals surface area contributed by atoms with Gasteiger partial charge in [-0.25, -0.2) is 4.79 Å². The molecule has 23 heavy (non-hydrogen) atoms. The quantitative estimate of drug-likeness (QED) is 0.855. The van der Waals surface area contributed by atoms with Crippen LogP contribution in [0.5, 0.6) is 0 Å². The van der Waals surface area contributed by atoms with Gasteiger partial charge in [-0.3, -0.25) is 9.69 Å². The van der Waals surface area contributed by atoms with Gasteiger partial charge in [0.1, 0.15) is 13.2 Å². The summed E-state index contributed by atoms with van der Waals surface area (Å²) in [5, 5.41) is 8.92. The summed E-state index contributed by atoms with van der Waals surface area (Å²) in [6.45, 7) is 1.45. The summed E-state index contributed by atoms with van der Waals surface area (Å²) in [6.07, 6.45) is 0.961. The van der Waals surface area contributed by atoms with Crippen molar-refractivity contribution < 1.29 is 14.3 Å². The molecule has 0 radical (unpaired) electrons. The van der Waals surface area contributed by atoms with Crippen molar-refractivity contribution in [2.75, 3.05) is 26.2 Å². The molecule has 2 amide bonds. The molecule has 120 valence electrons. The highest BCUT2D eigenvalue weighted by atomic mass is 16.6. The van der Waals surface area contributed by atoms with Gasteiger partial charge in [0.15, 0.2) is 0 Å². The van der Waals surface area contributed by atoms with E-state index >= 15 is 0 Å². The predicted octanol–water partition coefficient (Wildman–Crippen LogP) is 1.94. The Morgan fingerprint density at radius 2 is 1.96 bits per heavy atom. The second kappa shape index (κ2) is 6.69. The van der Waals surface area contributed by atoms with E-state index in [4.69, 9.17) is 10.00 Å². The van der Waals surface area contributed by atoms with Crippen molar-refractivity contribution in [2.45, 2.75) is 18.9 Å². The van der Waals surface area contributed by atoms with Gasteiger partial charge in [0, 0.05) is 19.0 Å². The fourth-order valence-electron chi connectivity index (χ4n) is 3.08. The maximum absolute atomic E-state index is 12.5. The van der Waals surface area contributed by atoms with Gasteiger partial charge in [-0.1, -0.05) is 30.3 Å². The van der Waals surface area contributed by atoms with Crippen LogP contribution in [0.3, 0.4) is 0 Å². The van der Waals surface area contributed by atoms with Crippen LogP contribution in [-0.2, 0) is 9.53 Å². The monoisotopic (exact) mass is 313 g/mol. The largest absolute Gasteiger partial charge is 0.447 e. The van der Waals surface area contributed by atoms with E-state index in [0.717, 1.165) is 5.56 Å². The molecule has 3 rings (SSSR count). The first kappa shape index (κ1) is 15.3. The van der Waals surface area contributed by atoms with Crippen LogP contribution in [0.1, 0.15) is 24.4 Å². The molecule has 6 heteroatoms. The maximum atomic E-state index is 12.5. The molecular weight excluding hydrogens is 294 g/mol. The molecule has 1 aromatic rings. The van der Waals surface area contributed by atoms with Gasteiger partial charge in [-0.15, -0.1) is 0 Å². The van der Waals surface area contributed by atoms with E-state index in [1.165, 1.54) is 4.90 Å². The Balaban J connectivity index is 1.65. The summed E-state index contributed by atoms with van der Waals surface area (Å²) in [6, 6.07) is 11.6. The number of cyclic esters (lactones) is 1. The van der Waals surface area contributed by atoms with E-state index < -0.39 is 6.09 Å². The SMILES string of the molecule is N#CC1CCN(C(=O)CN2C(=O)OC[C@@H]2c2ccccc2)CC1. The topological polar surface area (TPSA) is 73.6 Å². The molecule has 0 aliphatic carbocycles. The Morgan fingerprint density at radius 3 is 2.61 bits per heavy atom. The van der Waals surface area contributed by atoms with Gasteiger partial charge in [-0.2, -0.15) is 5.26 Å². The third kappa shape index (κ3) is 3.29. The molecular formula is C17H19N3O3. The zero-order chi connectivity index (χ0) is 16.2. The van der Waals surface area contributed by atoms with Gasteiger partial charge in [-0.05, 0) is 18.4 Å². The molecule has 0 bridgehead atoms. The molecule has 2 aliphatic rings. The molecule has 0 N–H and O–H groups in total.